The molecular formula is C18H17N5O. The van der Waals surface area contributed by atoms with Gasteiger partial charge in [-0.05, 0) is 42.5 Å². The van der Waals surface area contributed by atoms with Gasteiger partial charge >= 0.3 is 0 Å². The van der Waals surface area contributed by atoms with Gasteiger partial charge in [0.25, 0.3) is 0 Å². The molecule has 0 bridgehead atoms. The van der Waals surface area contributed by atoms with Crippen molar-refractivity contribution in [1.29, 1.82) is 0 Å². The van der Waals surface area contributed by atoms with Crippen molar-refractivity contribution in [2.24, 2.45) is 0 Å². The summed E-state index contributed by atoms with van der Waals surface area (Å²) in [6.45, 7) is 1.48. The van der Waals surface area contributed by atoms with Gasteiger partial charge in [0.15, 0.2) is 5.82 Å². The molecule has 0 radical (unpaired) electrons. The van der Waals surface area contributed by atoms with Crippen LogP contribution in [0.15, 0.2) is 60.8 Å². The Bertz CT molecular complexity index is 861. The number of nitrogen functional groups attached to an aromatic ring is 1. The molecule has 0 saturated heterocycles. The quantitative estimate of drug-likeness (QED) is 0.641. The number of hydrogen-bond donors (Lipinski definition) is 3. The van der Waals surface area contributed by atoms with E-state index in [0.717, 1.165) is 16.9 Å². The third-order valence-corrected chi connectivity index (χ3v) is 3.28. The second-order valence-corrected chi connectivity index (χ2v) is 5.27. The van der Waals surface area contributed by atoms with Gasteiger partial charge in [-0.2, -0.15) is 0 Å². The molecule has 3 aromatic rings. The summed E-state index contributed by atoms with van der Waals surface area (Å²) >= 11 is 0. The first-order chi connectivity index (χ1) is 11.6. The molecule has 0 aliphatic carbocycles. The maximum atomic E-state index is 11.0. The van der Waals surface area contributed by atoms with Crippen molar-refractivity contribution in [2.75, 3.05) is 16.4 Å². The molecule has 0 atom stereocenters. The number of carbonyl (C=O) groups excluding carboxylic acids is 1. The highest BCUT2D eigenvalue weighted by Crippen LogP contribution is 2.21. The zero-order chi connectivity index (χ0) is 16.9. The maximum absolute atomic E-state index is 11.0. The Morgan fingerprint density at radius 2 is 1.79 bits per heavy atom. The molecule has 1 amide bonds. The van der Waals surface area contributed by atoms with Crippen LogP contribution < -0.4 is 16.4 Å². The largest absolute Gasteiger partial charge is 0.399 e. The second kappa shape index (κ2) is 6.78. The number of nitrogens with two attached hydrogens (primary N) is 1. The van der Waals surface area contributed by atoms with E-state index in [4.69, 9.17) is 5.73 Å². The van der Waals surface area contributed by atoms with E-state index in [9.17, 15) is 4.79 Å². The van der Waals surface area contributed by atoms with E-state index in [1.165, 1.54) is 6.92 Å². The molecule has 0 aliphatic rings. The molecule has 4 N–H and O–H groups in total. The predicted octanol–water partition coefficient (Wildman–Crippen LogP) is 3.43. The number of nitrogens with zero attached hydrogens (tertiary/aromatic N) is 2. The Balaban J connectivity index is 1.78. The van der Waals surface area contributed by atoms with Crippen molar-refractivity contribution >= 4 is 28.8 Å². The SMILES string of the molecule is CC(=O)Nc1ccc(Nc2ccnc(-c3cccc(N)c3)n2)cc1. The highest BCUT2D eigenvalue weighted by molar-refractivity contribution is 5.88. The second-order valence-electron chi connectivity index (χ2n) is 5.27. The van der Waals surface area contributed by atoms with Crippen molar-refractivity contribution in [1.82, 2.24) is 9.97 Å². The van der Waals surface area contributed by atoms with Gasteiger partial charge in [-0.15, -0.1) is 0 Å². The highest BCUT2D eigenvalue weighted by atomic mass is 16.1. The number of carbonyl (C=O) groups is 1. The third-order valence-electron chi connectivity index (χ3n) is 3.28. The molecule has 1 aromatic heterocycles. The van der Waals surface area contributed by atoms with Crippen LogP contribution in [0, 0.1) is 0 Å². The van der Waals surface area contributed by atoms with E-state index >= 15 is 0 Å². The Morgan fingerprint density at radius 3 is 2.50 bits per heavy atom. The van der Waals surface area contributed by atoms with E-state index < -0.39 is 0 Å². The lowest BCUT2D eigenvalue weighted by atomic mass is 10.2. The molecule has 0 saturated carbocycles. The first-order valence-corrected chi connectivity index (χ1v) is 7.44. The van der Waals surface area contributed by atoms with Crippen LogP contribution in [-0.2, 0) is 4.79 Å². The first-order valence-electron chi connectivity index (χ1n) is 7.44. The minimum atomic E-state index is -0.0988. The van der Waals surface area contributed by atoms with Crippen LogP contribution in [0.25, 0.3) is 11.4 Å². The lowest BCUT2D eigenvalue weighted by molar-refractivity contribution is -0.114. The van der Waals surface area contributed by atoms with Gasteiger partial charge in [-0.3, -0.25) is 4.79 Å². The van der Waals surface area contributed by atoms with Crippen molar-refractivity contribution in [2.45, 2.75) is 6.92 Å². The standard InChI is InChI=1S/C18H17N5O/c1-12(24)21-15-5-7-16(8-6-15)22-17-9-10-20-18(23-17)13-3-2-4-14(19)11-13/h2-11H,19H2,1H3,(H,21,24)(H,20,22,23). The highest BCUT2D eigenvalue weighted by Gasteiger charge is 2.04. The lowest BCUT2D eigenvalue weighted by Gasteiger charge is -2.08. The Hall–Kier alpha value is -3.41. The molecule has 6 nitrogen and oxygen atoms in total. The van der Waals surface area contributed by atoms with E-state index in [1.54, 1.807) is 12.3 Å². The van der Waals surface area contributed by atoms with Gasteiger partial charge in [0, 0.05) is 35.7 Å². The molecule has 2 aromatic carbocycles. The molecule has 0 spiro atoms. The lowest BCUT2D eigenvalue weighted by Crippen LogP contribution is -2.05. The summed E-state index contributed by atoms with van der Waals surface area (Å²) in [4.78, 5) is 19.8. The summed E-state index contributed by atoms with van der Waals surface area (Å²) in [5.74, 6) is 1.18. The van der Waals surface area contributed by atoms with Gasteiger partial charge < -0.3 is 16.4 Å². The Morgan fingerprint density at radius 1 is 1.04 bits per heavy atom. The Labute approximate surface area is 139 Å². The average Bonchev–Trinajstić information content (AvgIpc) is 2.56. The molecule has 120 valence electrons. The fraction of sp³-hybridized carbons (Fsp3) is 0.0556. The average molecular weight is 319 g/mol. The molecule has 6 heteroatoms. The Kier molecular flexibility index (Phi) is 4.38. The summed E-state index contributed by atoms with van der Waals surface area (Å²) < 4.78 is 0. The third kappa shape index (κ3) is 3.86. The van der Waals surface area contributed by atoms with Crippen LogP contribution in [0.5, 0.6) is 0 Å². The molecule has 0 unspecified atom stereocenters. The molecule has 24 heavy (non-hydrogen) atoms. The molecular weight excluding hydrogens is 302 g/mol. The number of hydrogen-bond acceptors (Lipinski definition) is 5. The number of anilines is 4. The van der Waals surface area contributed by atoms with Gasteiger partial charge in [0.2, 0.25) is 5.91 Å². The van der Waals surface area contributed by atoms with E-state index in [2.05, 4.69) is 20.6 Å². The fourth-order valence-electron chi connectivity index (χ4n) is 2.23. The van der Waals surface area contributed by atoms with Crippen LogP contribution in [0.3, 0.4) is 0 Å². The smallest absolute Gasteiger partial charge is 0.221 e. The first kappa shape index (κ1) is 15.5. The minimum absolute atomic E-state index is 0.0988. The number of amides is 1. The number of aromatic nitrogens is 2. The zero-order valence-electron chi connectivity index (χ0n) is 13.2. The normalized spacial score (nSPS) is 10.2. The number of nitrogens with one attached hydrogen (secondary N) is 2. The van der Waals surface area contributed by atoms with Gasteiger partial charge in [0.1, 0.15) is 5.82 Å². The van der Waals surface area contributed by atoms with E-state index in [1.807, 2.05) is 48.5 Å². The molecule has 3 rings (SSSR count). The van der Waals surface area contributed by atoms with Crippen molar-refractivity contribution < 1.29 is 4.79 Å². The van der Waals surface area contributed by atoms with Gasteiger partial charge in [-0.1, -0.05) is 12.1 Å². The van der Waals surface area contributed by atoms with Gasteiger partial charge in [0.05, 0.1) is 0 Å². The summed E-state index contributed by atoms with van der Waals surface area (Å²) in [5, 5.41) is 5.94. The van der Waals surface area contributed by atoms with Crippen LogP contribution >= 0.6 is 0 Å². The van der Waals surface area contributed by atoms with Crippen LogP contribution in [-0.4, -0.2) is 15.9 Å². The van der Waals surface area contributed by atoms with Crippen LogP contribution in [0.2, 0.25) is 0 Å². The summed E-state index contributed by atoms with van der Waals surface area (Å²) in [5.41, 5.74) is 8.94. The van der Waals surface area contributed by atoms with E-state index in [0.29, 0.717) is 17.3 Å². The van der Waals surface area contributed by atoms with Gasteiger partial charge in [-0.25, -0.2) is 9.97 Å². The topological polar surface area (TPSA) is 92.9 Å². The van der Waals surface area contributed by atoms with Crippen LogP contribution in [0.4, 0.5) is 22.9 Å². The number of rotatable bonds is 4. The molecule has 0 fully saturated rings. The monoisotopic (exact) mass is 319 g/mol. The maximum Gasteiger partial charge on any atom is 0.221 e. The summed E-state index contributed by atoms with van der Waals surface area (Å²) in [6.07, 6.45) is 1.69. The van der Waals surface area contributed by atoms with Crippen LogP contribution in [0.1, 0.15) is 6.92 Å². The summed E-state index contributed by atoms with van der Waals surface area (Å²) in [6, 6.07) is 16.6. The van der Waals surface area contributed by atoms with Crippen molar-refractivity contribution in [3.8, 4) is 11.4 Å². The van der Waals surface area contributed by atoms with Crippen molar-refractivity contribution in [3.63, 3.8) is 0 Å². The number of benzene rings is 2. The van der Waals surface area contributed by atoms with Crippen molar-refractivity contribution in [3.05, 3.63) is 60.8 Å². The predicted molar refractivity (Wildman–Crippen MR) is 95.9 cm³/mol. The summed E-state index contributed by atoms with van der Waals surface area (Å²) in [7, 11) is 0. The minimum Gasteiger partial charge on any atom is -0.399 e. The fourth-order valence-corrected chi connectivity index (χ4v) is 2.23. The molecule has 0 aliphatic heterocycles. The van der Waals surface area contributed by atoms with E-state index in [-0.39, 0.29) is 5.91 Å². The molecule has 1 heterocycles. The zero-order valence-corrected chi connectivity index (χ0v) is 13.2.